The fourth-order valence-electron chi connectivity index (χ4n) is 2.87. The topological polar surface area (TPSA) is 24.4 Å². The van der Waals surface area contributed by atoms with Gasteiger partial charge in [0, 0.05) is 17.9 Å². The number of nitrogens with zero attached hydrogens (tertiary/aromatic N) is 1. The smallest absolute Gasteiger partial charge is 0.161 e. The summed E-state index contributed by atoms with van der Waals surface area (Å²) < 4.78 is 40.2. The minimum absolute atomic E-state index is 0.0908. The molecule has 0 aromatic heterocycles. The number of thioether (sulfide) groups is 1. The molecule has 1 spiro atoms. The Labute approximate surface area is 126 Å². The summed E-state index contributed by atoms with van der Waals surface area (Å²) in [6.45, 7) is 2.24. The standard InChI is InChI=1S/C15H17F3N2S/c1-9-2-4-15(5-3-9)8-21-14(20-15)19-13-11(17)6-10(16)7-12(13)18/h6-7,9H,2-5,8H2,1H3,(H,19,20). The first kappa shape index (κ1) is 14.8. The molecule has 1 N–H and O–H groups in total. The van der Waals surface area contributed by atoms with E-state index in [4.69, 9.17) is 0 Å². The van der Waals surface area contributed by atoms with Crippen molar-refractivity contribution in [2.75, 3.05) is 11.1 Å². The fraction of sp³-hybridized carbons (Fsp3) is 0.533. The first-order valence-electron chi connectivity index (χ1n) is 7.12. The van der Waals surface area contributed by atoms with Gasteiger partial charge in [-0.05, 0) is 31.6 Å². The Hall–Kier alpha value is -1.17. The quantitative estimate of drug-likeness (QED) is 0.821. The van der Waals surface area contributed by atoms with Crippen LogP contribution >= 0.6 is 11.8 Å². The van der Waals surface area contributed by atoms with E-state index in [-0.39, 0.29) is 11.2 Å². The number of benzene rings is 1. The summed E-state index contributed by atoms with van der Waals surface area (Å²) in [6, 6.07) is 1.34. The van der Waals surface area contributed by atoms with E-state index in [1.54, 1.807) is 0 Å². The summed E-state index contributed by atoms with van der Waals surface area (Å²) in [4.78, 5) is 4.65. The maximum atomic E-state index is 13.6. The van der Waals surface area contributed by atoms with Gasteiger partial charge in [-0.3, -0.25) is 4.99 Å². The number of amidine groups is 1. The third kappa shape index (κ3) is 3.05. The second-order valence-electron chi connectivity index (χ2n) is 5.98. The van der Waals surface area contributed by atoms with Crippen molar-refractivity contribution in [3.63, 3.8) is 0 Å². The third-order valence-electron chi connectivity index (χ3n) is 4.26. The average Bonchev–Trinajstić information content (AvgIpc) is 2.81. The van der Waals surface area contributed by atoms with Crippen LogP contribution in [0, 0.1) is 23.4 Å². The molecule has 0 bridgehead atoms. The van der Waals surface area contributed by atoms with Crippen molar-refractivity contribution < 1.29 is 13.2 Å². The lowest BCUT2D eigenvalue weighted by Crippen LogP contribution is -2.32. The zero-order valence-electron chi connectivity index (χ0n) is 11.8. The van der Waals surface area contributed by atoms with E-state index >= 15 is 0 Å². The van der Waals surface area contributed by atoms with Crippen molar-refractivity contribution in [3.8, 4) is 0 Å². The van der Waals surface area contributed by atoms with Crippen LogP contribution in [0.3, 0.4) is 0 Å². The SMILES string of the molecule is CC1CCC2(CC1)CSC(Nc1c(F)cc(F)cc1F)=N2. The van der Waals surface area contributed by atoms with Crippen LogP contribution in [0.15, 0.2) is 17.1 Å². The van der Waals surface area contributed by atoms with Crippen molar-refractivity contribution in [2.45, 2.75) is 38.1 Å². The lowest BCUT2D eigenvalue weighted by molar-refractivity contribution is 0.273. The summed E-state index contributed by atoms with van der Waals surface area (Å²) >= 11 is 1.48. The number of halogens is 3. The second-order valence-corrected chi connectivity index (χ2v) is 6.95. The lowest BCUT2D eigenvalue weighted by Gasteiger charge is -2.32. The number of hydrogen-bond donors (Lipinski definition) is 1. The Kier molecular flexibility index (Phi) is 3.90. The van der Waals surface area contributed by atoms with Crippen LogP contribution in [0.25, 0.3) is 0 Å². The molecule has 1 fully saturated rings. The van der Waals surface area contributed by atoms with Gasteiger partial charge in [0.2, 0.25) is 0 Å². The molecule has 0 atom stereocenters. The number of aliphatic imine (C=N–C) groups is 1. The predicted octanol–water partition coefficient (Wildman–Crippen LogP) is 4.57. The number of rotatable bonds is 1. The maximum absolute atomic E-state index is 13.6. The van der Waals surface area contributed by atoms with E-state index in [1.807, 2.05) is 0 Å². The minimum atomic E-state index is -0.936. The van der Waals surface area contributed by atoms with E-state index in [1.165, 1.54) is 11.8 Å². The molecule has 3 rings (SSSR count). The van der Waals surface area contributed by atoms with E-state index < -0.39 is 17.5 Å². The molecule has 1 aliphatic heterocycles. The van der Waals surface area contributed by atoms with Gasteiger partial charge in [0.15, 0.2) is 16.8 Å². The van der Waals surface area contributed by atoms with Gasteiger partial charge in [0.25, 0.3) is 0 Å². The number of anilines is 1. The zero-order chi connectivity index (χ0) is 15.0. The van der Waals surface area contributed by atoms with Crippen molar-refractivity contribution in [2.24, 2.45) is 10.9 Å². The van der Waals surface area contributed by atoms with E-state index in [9.17, 15) is 13.2 Å². The summed E-state index contributed by atoms with van der Waals surface area (Å²) in [6.07, 6.45) is 4.30. The second kappa shape index (κ2) is 5.55. The molecule has 1 aromatic rings. The van der Waals surface area contributed by atoms with Gasteiger partial charge in [-0.25, -0.2) is 13.2 Å². The molecule has 114 valence electrons. The van der Waals surface area contributed by atoms with Crippen molar-refractivity contribution >= 4 is 22.6 Å². The minimum Gasteiger partial charge on any atom is -0.330 e. The molecule has 0 amide bonds. The molecule has 2 nitrogen and oxygen atoms in total. The van der Waals surface area contributed by atoms with Crippen LogP contribution in [0.1, 0.15) is 32.6 Å². The lowest BCUT2D eigenvalue weighted by atomic mass is 9.79. The summed E-state index contributed by atoms with van der Waals surface area (Å²) in [5, 5.41) is 3.21. The first-order chi connectivity index (χ1) is 9.97. The molecular formula is C15H17F3N2S. The van der Waals surface area contributed by atoms with Crippen LogP contribution in [0.4, 0.5) is 18.9 Å². The molecular weight excluding hydrogens is 297 g/mol. The molecule has 1 heterocycles. The molecule has 0 saturated heterocycles. The monoisotopic (exact) mass is 314 g/mol. The van der Waals surface area contributed by atoms with Crippen LogP contribution in [0.5, 0.6) is 0 Å². The van der Waals surface area contributed by atoms with Crippen LogP contribution < -0.4 is 5.32 Å². The number of hydrogen-bond acceptors (Lipinski definition) is 3. The van der Waals surface area contributed by atoms with Crippen molar-refractivity contribution in [1.29, 1.82) is 0 Å². The average molecular weight is 314 g/mol. The Balaban J connectivity index is 1.77. The number of nitrogens with one attached hydrogen (secondary N) is 1. The molecule has 0 unspecified atom stereocenters. The molecule has 1 aliphatic carbocycles. The van der Waals surface area contributed by atoms with Crippen LogP contribution in [-0.2, 0) is 0 Å². The summed E-state index contributed by atoms with van der Waals surface area (Å²) in [5.74, 6) is -1.23. The van der Waals surface area contributed by atoms with Gasteiger partial charge in [0.05, 0.1) is 5.54 Å². The van der Waals surface area contributed by atoms with Crippen LogP contribution in [-0.4, -0.2) is 16.5 Å². The van der Waals surface area contributed by atoms with E-state index in [0.717, 1.165) is 37.4 Å². The Bertz CT molecular complexity index is 557. The van der Waals surface area contributed by atoms with E-state index in [0.29, 0.717) is 17.3 Å². The normalized spacial score (nSPS) is 28.8. The highest BCUT2D eigenvalue weighted by molar-refractivity contribution is 8.14. The highest BCUT2D eigenvalue weighted by atomic mass is 32.2. The zero-order valence-corrected chi connectivity index (χ0v) is 12.6. The van der Waals surface area contributed by atoms with Crippen molar-refractivity contribution in [1.82, 2.24) is 0 Å². The molecule has 1 saturated carbocycles. The Morgan fingerprint density at radius 2 is 1.81 bits per heavy atom. The maximum Gasteiger partial charge on any atom is 0.161 e. The molecule has 1 aromatic carbocycles. The summed E-state index contributed by atoms with van der Waals surface area (Å²) in [7, 11) is 0. The van der Waals surface area contributed by atoms with Gasteiger partial charge >= 0.3 is 0 Å². The van der Waals surface area contributed by atoms with Crippen molar-refractivity contribution in [3.05, 3.63) is 29.6 Å². The molecule has 21 heavy (non-hydrogen) atoms. The third-order valence-corrected chi connectivity index (χ3v) is 5.41. The Morgan fingerprint density at radius 1 is 1.19 bits per heavy atom. The Morgan fingerprint density at radius 3 is 2.43 bits per heavy atom. The van der Waals surface area contributed by atoms with Gasteiger partial charge in [-0.2, -0.15) is 0 Å². The highest BCUT2D eigenvalue weighted by Crippen LogP contribution is 2.41. The van der Waals surface area contributed by atoms with Gasteiger partial charge in [-0.1, -0.05) is 18.7 Å². The molecule has 6 heteroatoms. The predicted molar refractivity (Wildman–Crippen MR) is 80.2 cm³/mol. The fourth-order valence-corrected chi connectivity index (χ4v) is 4.06. The van der Waals surface area contributed by atoms with Gasteiger partial charge < -0.3 is 5.32 Å². The molecule has 2 aliphatic rings. The highest BCUT2D eigenvalue weighted by Gasteiger charge is 2.38. The van der Waals surface area contributed by atoms with Gasteiger partial charge in [-0.15, -0.1) is 0 Å². The largest absolute Gasteiger partial charge is 0.330 e. The summed E-state index contributed by atoms with van der Waals surface area (Å²) in [5.41, 5.74) is -0.421. The van der Waals surface area contributed by atoms with Crippen LogP contribution in [0.2, 0.25) is 0 Å². The molecule has 0 radical (unpaired) electrons. The first-order valence-corrected chi connectivity index (χ1v) is 8.10. The van der Waals surface area contributed by atoms with E-state index in [2.05, 4.69) is 17.2 Å². The van der Waals surface area contributed by atoms with Gasteiger partial charge in [0.1, 0.15) is 11.5 Å².